The van der Waals surface area contributed by atoms with Gasteiger partial charge in [-0.25, -0.2) is 9.69 Å². The van der Waals surface area contributed by atoms with Crippen LogP contribution in [-0.2, 0) is 16.2 Å². The van der Waals surface area contributed by atoms with Crippen LogP contribution in [0.2, 0.25) is 10.0 Å². The molecule has 3 aromatic carbocycles. The molecule has 7 nitrogen and oxygen atoms in total. The van der Waals surface area contributed by atoms with Crippen LogP contribution in [0.5, 0.6) is 11.5 Å². The molecule has 0 radical (unpaired) electrons. The van der Waals surface area contributed by atoms with E-state index in [4.69, 9.17) is 32.7 Å². The lowest BCUT2D eigenvalue weighted by Gasteiger charge is -2.26. The Morgan fingerprint density at radius 3 is 2.35 bits per heavy atom. The Hall–Kier alpha value is -3.81. The van der Waals surface area contributed by atoms with Crippen molar-refractivity contribution in [3.8, 4) is 11.5 Å². The zero-order valence-corrected chi connectivity index (χ0v) is 19.4. The maximum Gasteiger partial charge on any atom is 0.335 e. The van der Waals surface area contributed by atoms with E-state index in [0.29, 0.717) is 22.0 Å². The van der Waals surface area contributed by atoms with Crippen molar-refractivity contribution in [3.05, 3.63) is 93.5 Å². The summed E-state index contributed by atoms with van der Waals surface area (Å²) in [6, 6.07) is 17.8. The second kappa shape index (κ2) is 9.99. The van der Waals surface area contributed by atoms with Crippen LogP contribution in [0.1, 0.15) is 11.1 Å². The van der Waals surface area contributed by atoms with Crippen LogP contribution in [0.3, 0.4) is 0 Å². The summed E-state index contributed by atoms with van der Waals surface area (Å²) < 4.78 is 11.3. The molecule has 4 amide bonds. The van der Waals surface area contributed by atoms with Gasteiger partial charge in [-0.3, -0.25) is 14.9 Å². The number of para-hydroxylation sites is 1. The molecule has 4 rings (SSSR count). The molecule has 0 spiro atoms. The number of nitrogens with one attached hydrogen (secondary N) is 1. The largest absolute Gasteiger partial charge is 0.493 e. The fourth-order valence-electron chi connectivity index (χ4n) is 3.36. The number of amides is 4. The highest BCUT2D eigenvalue weighted by Crippen LogP contribution is 2.38. The van der Waals surface area contributed by atoms with Crippen LogP contribution in [0.4, 0.5) is 10.5 Å². The quantitative estimate of drug-likeness (QED) is 0.372. The molecule has 1 N–H and O–H groups in total. The molecule has 9 heteroatoms. The molecule has 172 valence electrons. The molecule has 3 aromatic rings. The molecule has 34 heavy (non-hydrogen) atoms. The molecule has 0 aliphatic carbocycles. The molecule has 0 saturated carbocycles. The number of halogens is 2. The molecule has 0 bridgehead atoms. The minimum Gasteiger partial charge on any atom is -0.493 e. The molecule has 0 atom stereocenters. The maximum absolute atomic E-state index is 13.0. The first kappa shape index (κ1) is 23.4. The van der Waals surface area contributed by atoms with Gasteiger partial charge in [0.25, 0.3) is 11.8 Å². The number of anilines is 1. The number of imide groups is 2. The fraction of sp³-hybridized carbons (Fsp3) is 0.0800. The van der Waals surface area contributed by atoms with Gasteiger partial charge in [-0.05, 0) is 42.0 Å². The van der Waals surface area contributed by atoms with Gasteiger partial charge in [-0.1, -0.05) is 59.6 Å². The molecule has 0 unspecified atom stereocenters. The average molecular weight is 497 g/mol. The Morgan fingerprint density at radius 2 is 1.65 bits per heavy atom. The van der Waals surface area contributed by atoms with Gasteiger partial charge < -0.3 is 9.47 Å². The van der Waals surface area contributed by atoms with Gasteiger partial charge in [0.2, 0.25) is 0 Å². The van der Waals surface area contributed by atoms with Crippen molar-refractivity contribution in [2.75, 3.05) is 12.0 Å². The number of methoxy groups -OCH3 is 1. The molecule has 1 fully saturated rings. The molecular weight excluding hydrogens is 479 g/mol. The topological polar surface area (TPSA) is 84.9 Å². The number of benzene rings is 3. The Bertz CT molecular complexity index is 1310. The molecule has 0 aromatic heterocycles. The average Bonchev–Trinajstić information content (AvgIpc) is 2.82. The minimum absolute atomic E-state index is 0.158. The number of rotatable bonds is 6. The summed E-state index contributed by atoms with van der Waals surface area (Å²) in [5, 5.41) is 2.94. The number of ether oxygens (including phenoxy) is 2. The van der Waals surface area contributed by atoms with E-state index in [-0.39, 0.29) is 23.0 Å². The van der Waals surface area contributed by atoms with E-state index in [0.717, 1.165) is 10.5 Å². The highest BCUT2D eigenvalue weighted by Gasteiger charge is 2.36. The molecule has 1 heterocycles. The van der Waals surface area contributed by atoms with Crippen LogP contribution in [0, 0.1) is 0 Å². The highest BCUT2D eigenvalue weighted by atomic mass is 35.5. The van der Waals surface area contributed by atoms with Gasteiger partial charge in [0, 0.05) is 10.6 Å². The first-order chi connectivity index (χ1) is 16.4. The van der Waals surface area contributed by atoms with Gasteiger partial charge in [0.05, 0.1) is 17.8 Å². The van der Waals surface area contributed by atoms with Crippen LogP contribution in [0.25, 0.3) is 6.08 Å². The monoisotopic (exact) mass is 496 g/mol. The summed E-state index contributed by atoms with van der Waals surface area (Å²) in [5.74, 6) is -0.983. The third-order valence-corrected chi connectivity index (χ3v) is 5.66. The predicted molar refractivity (Wildman–Crippen MR) is 129 cm³/mol. The van der Waals surface area contributed by atoms with Gasteiger partial charge in [-0.15, -0.1) is 0 Å². The third kappa shape index (κ3) is 4.76. The van der Waals surface area contributed by atoms with E-state index in [1.165, 1.54) is 19.3 Å². The van der Waals surface area contributed by atoms with E-state index in [9.17, 15) is 14.4 Å². The van der Waals surface area contributed by atoms with Crippen molar-refractivity contribution in [1.82, 2.24) is 5.32 Å². The third-order valence-electron chi connectivity index (χ3n) is 5.01. The van der Waals surface area contributed by atoms with Crippen LogP contribution < -0.4 is 19.7 Å². The van der Waals surface area contributed by atoms with Gasteiger partial charge in [0.1, 0.15) is 12.2 Å². The van der Waals surface area contributed by atoms with Gasteiger partial charge in [0.15, 0.2) is 11.5 Å². The van der Waals surface area contributed by atoms with E-state index < -0.39 is 17.8 Å². The van der Waals surface area contributed by atoms with E-state index in [2.05, 4.69) is 5.32 Å². The summed E-state index contributed by atoms with van der Waals surface area (Å²) in [6.07, 6.45) is 1.34. The first-order valence-corrected chi connectivity index (χ1v) is 10.8. The normalized spacial score (nSPS) is 14.9. The van der Waals surface area contributed by atoms with Crippen molar-refractivity contribution in [3.63, 3.8) is 0 Å². The van der Waals surface area contributed by atoms with Gasteiger partial charge >= 0.3 is 6.03 Å². The summed E-state index contributed by atoms with van der Waals surface area (Å²) >= 11 is 12.6. The second-order valence-electron chi connectivity index (χ2n) is 7.21. The fourth-order valence-corrected chi connectivity index (χ4v) is 3.83. The van der Waals surface area contributed by atoms with Crippen LogP contribution in [-0.4, -0.2) is 25.0 Å². The van der Waals surface area contributed by atoms with Crippen molar-refractivity contribution >= 4 is 52.8 Å². The van der Waals surface area contributed by atoms with Gasteiger partial charge in [-0.2, -0.15) is 0 Å². The summed E-state index contributed by atoms with van der Waals surface area (Å²) in [5.41, 5.74) is 1.28. The lowest BCUT2D eigenvalue weighted by Crippen LogP contribution is -2.54. The minimum atomic E-state index is -0.822. The Kier molecular flexibility index (Phi) is 6.86. The highest BCUT2D eigenvalue weighted by molar-refractivity contribution is 6.39. The van der Waals surface area contributed by atoms with Crippen molar-refractivity contribution in [2.24, 2.45) is 0 Å². The zero-order chi connectivity index (χ0) is 24.2. The molecular formula is C25H18Cl2N2O5. The molecule has 1 saturated heterocycles. The molecule has 1 aliphatic heterocycles. The second-order valence-corrected chi connectivity index (χ2v) is 8.02. The van der Waals surface area contributed by atoms with E-state index >= 15 is 0 Å². The Morgan fingerprint density at radius 1 is 0.941 bits per heavy atom. The smallest absolute Gasteiger partial charge is 0.335 e. The summed E-state index contributed by atoms with van der Waals surface area (Å²) in [6.45, 7) is 0.158. The Labute approximate surface area is 205 Å². The number of barbiturate groups is 1. The lowest BCUT2D eigenvalue weighted by molar-refractivity contribution is -0.122. The van der Waals surface area contributed by atoms with Crippen molar-refractivity contribution in [2.45, 2.75) is 6.61 Å². The van der Waals surface area contributed by atoms with Crippen LogP contribution in [0.15, 0.2) is 72.3 Å². The number of nitrogens with zero attached hydrogens (tertiary/aromatic N) is 1. The Balaban J connectivity index is 1.65. The zero-order valence-electron chi connectivity index (χ0n) is 17.9. The maximum atomic E-state index is 13.0. The van der Waals surface area contributed by atoms with E-state index in [1.54, 1.807) is 42.5 Å². The molecule has 1 aliphatic rings. The predicted octanol–water partition coefficient (Wildman–Crippen LogP) is 5.25. The summed E-state index contributed by atoms with van der Waals surface area (Å²) in [4.78, 5) is 38.7. The summed E-state index contributed by atoms with van der Waals surface area (Å²) in [7, 11) is 1.44. The number of carbonyl (C=O) groups is 3. The van der Waals surface area contributed by atoms with Crippen molar-refractivity contribution < 1.29 is 23.9 Å². The standard InChI is InChI=1S/C25H18Cl2N2O5/c1-33-21-13-15(12-20(27)22(21)34-14-16-7-5-6-10-19(16)26)11-18-23(30)28-25(32)29(24(18)31)17-8-3-2-4-9-17/h2-13H,14H2,1H3,(H,28,30,32)/b18-11+. The number of hydrogen-bond donors (Lipinski definition) is 1. The number of urea groups is 1. The van der Waals surface area contributed by atoms with Crippen LogP contribution >= 0.6 is 23.2 Å². The van der Waals surface area contributed by atoms with Crippen molar-refractivity contribution in [1.29, 1.82) is 0 Å². The first-order valence-electron chi connectivity index (χ1n) is 10.1. The lowest BCUT2D eigenvalue weighted by atomic mass is 10.1. The number of hydrogen-bond acceptors (Lipinski definition) is 5. The SMILES string of the molecule is COc1cc(/C=C2\C(=O)NC(=O)N(c3ccccc3)C2=O)cc(Cl)c1OCc1ccccc1Cl. The van der Waals surface area contributed by atoms with E-state index in [1.807, 2.05) is 18.2 Å². The number of carbonyl (C=O) groups excluding carboxylic acids is 3.